The number of amides is 1. The van der Waals surface area contributed by atoms with Crippen LogP contribution in [0.15, 0.2) is 27.6 Å². The van der Waals surface area contributed by atoms with E-state index in [1.54, 1.807) is 24.9 Å². The summed E-state index contributed by atoms with van der Waals surface area (Å²) in [5.41, 5.74) is 2.75. The molecule has 5 rings (SSSR count). The highest BCUT2D eigenvalue weighted by Gasteiger charge is 2.33. The third-order valence-electron chi connectivity index (χ3n) is 6.95. The van der Waals surface area contributed by atoms with Crippen LogP contribution in [0.1, 0.15) is 66.4 Å². The summed E-state index contributed by atoms with van der Waals surface area (Å²) in [5.74, 6) is 1.01. The van der Waals surface area contributed by atoms with Gasteiger partial charge in [-0.05, 0) is 51.2 Å². The lowest BCUT2D eigenvalue weighted by Crippen LogP contribution is -2.33. The molecule has 0 spiro atoms. The van der Waals surface area contributed by atoms with Crippen LogP contribution < -0.4 is 5.69 Å². The van der Waals surface area contributed by atoms with Crippen LogP contribution in [0.2, 0.25) is 0 Å². The Labute approximate surface area is 180 Å². The maximum absolute atomic E-state index is 13.5. The summed E-state index contributed by atoms with van der Waals surface area (Å²) in [7, 11) is 0. The van der Waals surface area contributed by atoms with Crippen molar-refractivity contribution in [3.05, 3.63) is 45.8 Å². The van der Waals surface area contributed by atoms with E-state index in [0.717, 1.165) is 24.1 Å². The molecule has 8 nitrogen and oxygen atoms in total. The van der Waals surface area contributed by atoms with Gasteiger partial charge in [-0.2, -0.15) is 0 Å². The van der Waals surface area contributed by atoms with Gasteiger partial charge in [-0.15, -0.1) is 0 Å². The number of carbonyl (C=O) groups is 1. The number of imidazole rings is 1. The Morgan fingerprint density at radius 1 is 1.19 bits per heavy atom. The van der Waals surface area contributed by atoms with Gasteiger partial charge in [0.1, 0.15) is 11.3 Å². The van der Waals surface area contributed by atoms with Crippen molar-refractivity contribution in [2.24, 2.45) is 5.92 Å². The zero-order valence-corrected chi connectivity index (χ0v) is 18.2. The van der Waals surface area contributed by atoms with E-state index in [9.17, 15) is 9.59 Å². The van der Waals surface area contributed by atoms with Crippen molar-refractivity contribution in [3.63, 3.8) is 0 Å². The number of hydrogen-bond donors (Lipinski definition) is 0. The average Bonchev–Trinajstić information content (AvgIpc) is 3.46. The van der Waals surface area contributed by atoms with Gasteiger partial charge in [-0.25, -0.2) is 9.78 Å². The van der Waals surface area contributed by atoms with E-state index in [2.05, 4.69) is 10.1 Å². The van der Waals surface area contributed by atoms with Gasteiger partial charge >= 0.3 is 5.69 Å². The van der Waals surface area contributed by atoms with Crippen molar-refractivity contribution >= 4 is 17.1 Å². The Kier molecular flexibility index (Phi) is 5.16. The van der Waals surface area contributed by atoms with Gasteiger partial charge in [-0.1, -0.05) is 24.4 Å². The summed E-state index contributed by atoms with van der Waals surface area (Å²) in [6.45, 7) is 5.38. The molecule has 1 aliphatic carbocycles. The van der Waals surface area contributed by atoms with Crippen molar-refractivity contribution in [1.29, 1.82) is 0 Å². The van der Waals surface area contributed by atoms with Crippen LogP contribution in [0.4, 0.5) is 0 Å². The number of carbonyl (C=O) groups excluding carboxylic acids is 1. The number of aromatic nitrogens is 4. The number of likely N-dealkylation sites (tertiary alicyclic amines) is 1. The predicted octanol–water partition coefficient (Wildman–Crippen LogP) is 3.47. The fourth-order valence-electron chi connectivity index (χ4n) is 5.33. The lowest BCUT2D eigenvalue weighted by atomic mass is 9.89. The number of aryl methyl sites for hydroxylation is 2. The molecule has 1 atom stereocenters. The first kappa shape index (κ1) is 20.0. The van der Waals surface area contributed by atoms with Crippen molar-refractivity contribution < 1.29 is 9.32 Å². The molecule has 3 aromatic rings. The third-order valence-corrected chi connectivity index (χ3v) is 6.95. The molecule has 8 heteroatoms. The standard InChI is InChI=1S/C23H29N5O3/c1-15-20(16(2)31-25-15)22(29)26-12-10-18(14-26)28-21-19(9-6-11-24-21)27(23(28)30)13-17-7-4-3-5-8-17/h6,9,11,17-18H,3-5,7-8,10,12-14H2,1-2H3/t18-/m1/s1. The molecule has 1 saturated carbocycles. The summed E-state index contributed by atoms with van der Waals surface area (Å²) in [4.78, 5) is 32.9. The lowest BCUT2D eigenvalue weighted by molar-refractivity contribution is 0.0785. The highest BCUT2D eigenvalue weighted by atomic mass is 16.5. The first-order valence-corrected chi connectivity index (χ1v) is 11.3. The summed E-state index contributed by atoms with van der Waals surface area (Å²) < 4.78 is 8.91. The average molecular weight is 424 g/mol. The molecule has 2 aliphatic rings. The van der Waals surface area contributed by atoms with Gasteiger partial charge < -0.3 is 9.42 Å². The molecule has 1 aliphatic heterocycles. The zero-order chi connectivity index (χ0) is 21.5. The van der Waals surface area contributed by atoms with Crippen molar-refractivity contribution in [3.8, 4) is 0 Å². The minimum absolute atomic E-state index is 0.00379. The first-order valence-electron chi connectivity index (χ1n) is 11.3. The Morgan fingerprint density at radius 3 is 2.74 bits per heavy atom. The topological polar surface area (TPSA) is 86.2 Å². The Morgan fingerprint density at radius 2 is 2.00 bits per heavy atom. The van der Waals surface area contributed by atoms with Crippen molar-refractivity contribution in [2.75, 3.05) is 13.1 Å². The van der Waals surface area contributed by atoms with Gasteiger partial charge in [0.05, 0.1) is 17.3 Å². The molecule has 0 aromatic carbocycles. The van der Waals surface area contributed by atoms with Gasteiger partial charge in [0.15, 0.2) is 5.65 Å². The van der Waals surface area contributed by atoms with E-state index < -0.39 is 0 Å². The SMILES string of the molecule is Cc1noc(C)c1C(=O)N1CC[C@@H](n2c(=O)n(CC3CCCCC3)c3cccnc32)C1. The molecule has 1 saturated heterocycles. The van der Waals surface area contributed by atoms with Crippen LogP contribution in [-0.2, 0) is 6.54 Å². The lowest BCUT2D eigenvalue weighted by Gasteiger charge is -2.21. The van der Waals surface area contributed by atoms with Crippen LogP contribution in [0, 0.1) is 19.8 Å². The summed E-state index contributed by atoms with van der Waals surface area (Å²) in [6.07, 6.45) is 8.63. The minimum atomic E-state index is -0.0815. The minimum Gasteiger partial charge on any atom is -0.361 e. The van der Waals surface area contributed by atoms with E-state index in [4.69, 9.17) is 4.52 Å². The molecule has 31 heavy (non-hydrogen) atoms. The zero-order valence-electron chi connectivity index (χ0n) is 18.2. The highest BCUT2D eigenvalue weighted by Crippen LogP contribution is 2.29. The van der Waals surface area contributed by atoms with E-state index in [-0.39, 0.29) is 17.6 Å². The molecule has 0 bridgehead atoms. The normalized spacial score (nSPS) is 20.1. The Bertz CT molecular complexity index is 1150. The molecule has 0 radical (unpaired) electrons. The number of rotatable bonds is 4. The maximum Gasteiger partial charge on any atom is 0.330 e. The van der Waals surface area contributed by atoms with Crippen LogP contribution in [0.5, 0.6) is 0 Å². The van der Waals surface area contributed by atoms with Crippen LogP contribution in [0.25, 0.3) is 11.2 Å². The number of nitrogens with zero attached hydrogens (tertiary/aromatic N) is 5. The second kappa shape index (κ2) is 7.98. The fraction of sp³-hybridized carbons (Fsp3) is 0.565. The quantitative estimate of drug-likeness (QED) is 0.641. The Balaban J connectivity index is 1.45. The van der Waals surface area contributed by atoms with Gasteiger partial charge in [-0.3, -0.25) is 13.9 Å². The molecule has 0 unspecified atom stereocenters. The van der Waals surface area contributed by atoms with Gasteiger partial charge in [0.2, 0.25) is 0 Å². The molecule has 1 amide bonds. The third kappa shape index (κ3) is 3.47. The van der Waals surface area contributed by atoms with Crippen molar-refractivity contribution in [1.82, 2.24) is 24.2 Å². The largest absolute Gasteiger partial charge is 0.361 e. The number of pyridine rings is 1. The van der Waals surface area contributed by atoms with Crippen LogP contribution in [0.3, 0.4) is 0 Å². The smallest absolute Gasteiger partial charge is 0.330 e. The first-order chi connectivity index (χ1) is 15.0. The Hall–Kier alpha value is -2.90. The number of fused-ring (bicyclic) bond motifs is 1. The number of hydrogen-bond acceptors (Lipinski definition) is 5. The predicted molar refractivity (Wildman–Crippen MR) is 116 cm³/mol. The second-order valence-corrected chi connectivity index (χ2v) is 9.01. The summed E-state index contributed by atoms with van der Waals surface area (Å²) in [5, 5.41) is 3.91. The molecule has 3 aromatic heterocycles. The monoisotopic (exact) mass is 423 g/mol. The van der Waals surface area contributed by atoms with Crippen LogP contribution >= 0.6 is 0 Å². The fourth-order valence-corrected chi connectivity index (χ4v) is 5.33. The highest BCUT2D eigenvalue weighted by molar-refractivity contribution is 5.96. The van der Waals surface area contributed by atoms with E-state index in [0.29, 0.717) is 36.0 Å². The second-order valence-electron chi connectivity index (χ2n) is 9.01. The summed E-state index contributed by atoms with van der Waals surface area (Å²) in [6, 6.07) is 3.80. The molecule has 4 heterocycles. The van der Waals surface area contributed by atoms with Gasteiger partial charge in [0, 0.05) is 25.8 Å². The summed E-state index contributed by atoms with van der Waals surface area (Å²) >= 11 is 0. The molecule has 0 N–H and O–H groups in total. The van der Waals surface area contributed by atoms with Crippen LogP contribution in [-0.4, -0.2) is 43.2 Å². The molecule has 164 valence electrons. The van der Waals surface area contributed by atoms with Crippen molar-refractivity contribution in [2.45, 2.75) is 65.0 Å². The molecular weight excluding hydrogens is 394 g/mol. The van der Waals surface area contributed by atoms with E-state index in [1.807, 2.05) is 21.3 Å². The molecular formula is C23H29N5O3. The van der Waals surface area contributed by atoms with Gasteiger partial charge in [0.25, 0.3) is 5.91 Å². The molecule has 2 fully saturated rings. The van der Waals surface area contributed by atoms with E-state index >= 15 is 0 Å². The maximum atomic E-state index is 13.5. The van der Waals surface area contributed by atoms with E-state index in [1.165, 1.54) is 32.1 Å².